The molecule has 8 nitrogen and oxygen atoms in total. The molecule has 3 aromatic rings. The third-order valence-electron chi connectivity index (χ3n) is 8.56. The second kappa shape index (κ2) is 11.4. The molecular formula is C29H35Cl2N5O3S. The summed E-state index contributed by atoms with van der Waals surface area (Å²) < 4.78 is 27.3. The van der Waals surface area contributed by atoms with Gasteiger partial charge in [-0.25, -0.2) is 18.4 Å². The summed E-state index contributed by atoms with van der Waals surface area (Å²) in [5.74, 6) is 0.216. The number of sulfone groups is 1. The lowest BCUT2D eigenvalue weighted by Gasteiger charge is -2.48. The van der Waals surface area contributed by atoms with Crippen LogP contribution in [0.5, 0.6) is 0 Å². The molecule has 2 aromatic carbocycles. The van der Waals surface area contributed by atoms with Crippen LogP contribution in [0, 0.1) is 0 Å². The molecule has 0 bridgehead atoms. The molecule has 11 heteroatoms. The molecule has 1 aliphatic carbocycles. The minimum atomic E-state index is -3.63. The molecule has 0 unspecified atom stereocenters. The number of carbonyl (C=O) groups is 1. The van der Waals surface area contributed by atoms with E-state index in [1.165, 1.54) is 0 Å². The lowest BCUT2D eigenvalue weighted by Crippen LogP contribution is -2.58. The average Bonchev–Trinajstić information content (AvgIpc) is 3.29. The van der Waals surface area contributed by atoms with Crippen LogP contribution in [-0.4, -0.2) is 77.1 Å². The monoisotopic (exact) mass is 603 g/mol. The van der Waals surface area contributed by atoms with Crippen molar-refractivity contribution in [2.75, 3.05) is 24.7 Å². The highest BCUT2D eigenvalue weighted by atomic mass is 35.5. The Morgan fingerprint density at radius 1 is 1.07 bits per heavy atom. The fourth-order valence-electron chi connectivity index (χ4n) is 6.16. The average molecular weight is 605 g/mol. The molecule has 1 aromatic heterocycles. The third-order valence-corrected chi connectivity index (χ3v) is 10.9. The zero-order valence-electron chi connectivity index (χ0n) is 23.0. The summed E-state index contributed by atoms with van der Waals surface area (Å²) >= 11 is 12.4. The van der Waals surface area contributed by atoms with E-state index >= 15 is 0 Å². The van der Waals surface area contributed by atoms with Gasteiger partial charge < -0.3 is 15.1 Å². The van der Waals surface area contributed by atoms with Crippen molar-refractivity contribution in [3.05, 3.63) is 58.8 Å². The highest BCUT2D eigenvalue weighted by Gasteiger charge is 2.50. The zero-order valence-corrected chi connectivity index (χ0v) is 25.3. The Bertz CT molecular complexity index is 1490. The van der Waals surface area contributed by atoms with Gasteiger partial charge in [-0.2, -0.15) is 0 Å². The molecule has 1 saturated carbocycles. The molecule has 214 valence electrons. The quantitative estimate of drug-likeness (QED) is 0.342. The van der Waals surface area contributed by atoms with Crippen molar-refractivity contribution in [1.29, 1.82) is 0 Å². The maximum absolute atomic E-state index is 14.0. The van der Waals surface area contributed by atoms with E-state index in [1.807, 2.05) is 4.90 Å². The van der Waals surface area contributed by atoms with Crippen LogP contribution in [0.4, 0.5) is 5.82 Å². The minimum absolute atomic E-state index is 0.0673. The van der Waals surface area contributed by atoms with Gasteiger partial charge in [0, 0.05) is 29.0 Å². The first-order chi connectivity index (χ1) is 19.0. The molecule has 1 aliphatic heterocycles. The fraction of sp³-hybridized carbons (Fsp3) is 0.483. The number of fused-ring (bicyclic) bond motifs is 1. The van der Waals surface area contributed by atoms with Crippen LogP contribution >= 0.6 is 23.2 Å². The number of halogens is 2. The van der Waals surface area contributed by atoms with Gasteiger partial charge in [-0.15, -0.1) is 0 Å². The van der Waals surface area contributed by atoms with E-state index in [0.717, 1.165) is 12.8 Å². The van der Waals surface area contributed by atoms with E-state index in [9.17, 15) is 13.2 Å². The molecule has 2 fully saturated rings. The van der Waals surface area contributed by atoms with Crippen LogP contribution in [-0.2, 0) is 14.6 Å². The second-order valence-corrected chi connectivity index (χ2v) is 14.0. The van der Waals surface area contributed by atoms with E-state index in [-0.39, 0.29) is 21.8 Å². The smallest absolute Gasteiger partial charge is 0.245 e. The predicted octanol–water partition coefficient (Wildman–Crippen LogP) is 5.44. The van der Waals surface area contributed by atoms with Crippen LogP contribution in [0.25, 0.3) is 10.9 Å². The Morgan fingerprint density at radius 3 is 2.45 bits per heavy atom. The summed E-state index contributed by atoms with van der Waals surface area (Å²) in [6.45, 7) is 4.79. The van der Waals surface area contributed by atoms with Crippen LogP contribution in [0.2, 0.25) is 10.3 Å². The molecule has 5 rings (SSSR count). The number of anilines is 1. The molecular weight excluding hydrogens is 569 g/mol. The topological polar surface area (TPSA) is 95.5 Å². The first-order valence-electron chi connectivity index (χ1n) is 13.7. The second-order valence-electron chi connectivity index (χ2n) is 11.3. The Balaban J connectivity index is 1.44. The Labute approximate surface area is 246 Å². The molecule has 1 N–H and O–H groups in total. The summed E-state index contributed by atoms with van der Waals surface area (Å²) in [6.07, 6.45) is 3.41. The lowest BCUT2D eigenvalue weighted by molar-refractivity contribution is -0.134. The fourth-order valence-corrected chi connectivity index (χ4v) is 8.40. The van der Waals surface area contributed by atoms with E-state index in [4.69, 9.17) is 23.2 Å². The number of nitrogens with zero attached hydrogens (tertiary/aromatic N) is 4. The van der Waals surface area contributed by atoms with E-state index in [2.05, 4.69) is 41.1 Å². The number of nitrogens with one attached hydrogen (secondary N) is 1. The number of hydrogen-bond acceptors (Lipinski definition) is 7. The Morgan fingerprint density at radius 2 is 1.77 bits per heavy atom. The number of rotatable bonds is 8. The maximum Gasteiger partial charge on any atom is 0.245 e. The third kappa shape index (κ3) is 5.79. The number of amides is 1. The normalized spacial score (nSPS) is 23.9. The van der Waals surface area contributed by atoms with Gasteiger partial charge in [0.25, 0.3) is 0 Å². The molecule has 2 aliphatic rings. The Kier molecular flexibility index (Phi) is 8.30. The van der Waals surface area contributed by atoms with Crippen molar-refractivity contribution in [1.82, 2.24) is 19.8 Å². The van der Waals surface area contributed by atoms with Gasteiger partial charge in [-0.1, -0.05) is 29.8 Å². The standard InChI is InChI=1S/C29H35Cl2N5O3S/c1-19(2)35(3)21-11-14-29(15-12-21,18-40(38,39)22-7-5-4-6-8-22)36-16-13-25(27(36)37)32-26-23-17-20(30)9-10-24(23)33-28(31)34-26/h4-10,17,19,21,25H,11-16,18H2,1-3H3,(H,32,33,34)/t21?,25-,29?/m0/s1. The largest absolute Gasteiger partial charge is 0.358 e. The van der Waals surface area contributed by atoms with Gasteiger partial charge in [-0.3, -0.25) is 4.79 Å². The summed E-state index contributed by atoms with van der Waals surface area (Å²) in [7, 11) is -1.51. The van der Waals surface area contributed by atoms with Gasteiger partial charge in [0.1, 0.15) is 11.9 Å². The van der Waals surface area contributed by atoms with Crippen LogP contribution < -0.4 is 5.32 Å². The molecule has 40 heavy (non-hydrogen) atoms. The van der Waals surface area contributed by atoms with Crippen LogP contribution in [0.1, 0.15) is 46.0 Å². The van der Waals surface area contributed by atoms with Crippen molar-refractivity contribution >= 4 is 55.7 Å². The van der Waals surface area contributed by atoms with Crippen molar-refractivity contribution in [3.63, 3.8) is 0 Å². The van der Waals surface area contributed by atoms with Crippen LogP contribution in [0.3, 0.4) is 0 Å². The zero-order chi connectivity index (χ0) is 28.7. The highest BCUT2D eigenvalue weighted by Crippen LogP contribution is 2.41. The van der Waals surface area contributed by atoms with Crippen molar-refractivity contribution in [3.8, 4) is 0 Å². The van der Waals surface area contributed by atoms with E-state index in [0.29, 0.717) is 59.6 Å². The first-order valence-corrected chi connectivity index (χ1v) is 16.1. The highest BCUT2D eigenvalue weighted by molar-refractivity contribution is 7.91. The van der Waals surface area contributed by atoms with Gasteiger partial charge in [0.05, 0.1) is 21.7 Å². The summed E-state index contributed by atoms with van der Waals surface area (Å²) in [4.78, 5) is 27.1. The van der Waals surface area contributed by atoms with Crippen LogP contribution in [0.15, 0.2) is 53.4 Å². The van der Waals surface area contributed by atoms with Gasteiger partial charge in [0.2, 0.25) is 11.2 Å². The lowest BCUT2D eigenvalue weighted by atomic mass is 9.78. The van der Waals surface area contributed by atoms with Gasteiger partial charge >= 0.3 is 0 Å². The van der Waals surface area contributed by atoms with E-state index < -0.39 is 21.4 Å². The Hall–Kier alpha value is -2.46. The number of likely N-dealkylation sites (tertiary alicyclic amines) is 1. The molecule has 1 amide bonds. The summed E-state index contributed by atoms with van der Waals surface area (Å²) in [5, 5.41) is 4.54. The van der Waals surface area contributed by atoms with Gasteiger partial charge in [-0.05, 0) is 94.9 Å². The summed E-state index contributed by atoms with van der Waals surface area (Å²) in [5.41, 5.74) is -0.169. The molecule has 0 spiro atoms. The van der Waals surface area contributed by atoms with Crippen molar-refractivity contribution < 1.29 is 13.2 Å². The molecule has 1 atom stereocenters. The van der Waals surface area contributed by atoms with Crippen molar-refractivity contribution in [2.45, 2.75) is 74.5 Å². The van der Waals surface area contributed by atoms with Gasteiger partial charge in [0.15, 0.2) is 9.84 Å². The maximum atomic E-state index is 14.0. The SMILES string of the molecule is CC(C)N(C)C1CCC(CS(=O)(=O)c2ccccc2)(N2CC[C@H](Nc3nc(Cl)nc4ccc(Cl)cc34)C2=O)CC1. The van der Waals surface area contributed by atoms with Crippen molar-refractivity contribution in [2.24, 2.45) is 0 Å². The number of aromatic nitrogens is 2. The van der Waals surface area contributed by atoms with E-state index in [1.54, 1.807) is 48.5 Å². The molecule has 1 saturated heterocycles. The number of benzene rings is 2. The first kappa shape index (κ1) is 29.0. The minimum Gasteiger partial charge on any atom is -0.358 e. The predicted molar refractivity (Wildman–Crippen MR) is 160 cm³/mol. The molecule has 2 heterocycles. The number of hydrogen-bond donors (Lipinski definition) is 1. The number of carbonyl (C=O) groups excluding carboxylic acids is 1. The summed E-state index contributed by atoms with van der Waals surface area (Å²) in [6, 6.07) is 13.9. The molecule has 0 radical (unpaired) electrons.